The zero-order valence-corrected chi connectivity index (χ0v) is 16.7. The van der Waals surface area contributed by atoms with Crippen LogP contribution in [0.1, 0.15) is 32.1 Å². The molecule has 0 bridgehead atoms. The number of anilines is 1. The highest BCUT2D eigenvalue weighted by Gasteiger charge is 2.55. The monoisotopic (exact) mass is 416 g/mol. The molecule has 1 saturated carbocycles. The molecular weight excluding hydrogens is 396 g/mol. The molecule has 1 aliphatic heterocycles. The number of amides is 4. The van der Waals surface area contributed by atoms with Gasteiger partial charge in [0.05, 0.1) is 10.7 Å². The molecule has 0 atom stereocenters. The first-order valence-corrected chi connectivity index (χ1v) is 9.85. The lowest BCUT2D eigenvalue weighted by Gasteiger charge is -2.35. The first kappa shape index (κ1) is 19.4. The van der Waals surface area contributed by atoms with Crippen LogP contribution in [0.15, 0.2) is 30.9 Å². The second-order valence-corrected chi connectivity index (χ2v) is 7.76. The molecule has 1 spiro atoms. The molecule has 1 aromatic carbocycles. The molecule has 1 aromatic heterocycles. The molecule has 152 valence electrons. The molecule has 4 rings (SSSR count). The molecule has 1 saturated heterocycles. The van der Waals surface area contributed by atoms with E-state index < -0.39 is 17.5 Å². The van der Waals surface area contributed by atoms with Gasteiger partial charge in [0.1, 0.15) is 30.4 Å². The number of nitrogens with zero attached hydrogens (tertiary/aromatic N) is 5. The van der Waals surface area contributed by atoms with Crippen molar-refractivity contribution in [3.63, 3.8) is 0 Å². The van der Waals surface area contributed by atoms with Crippen molar-refractivity contribution >= 4 is 35.1 Å². The van der Waals surface area contributed by atoms with E-state index >= 15 is 0 Å². The molecule has 1 aliphatic carbocycles. The minimum atomic E-state index is -0.808. The lowest BCUT2D eigenvalue weighted by atomic mass is 9.81. The van der Waals surface area contributed by atoms with Gasteiger partial charge in [0.2, 0.25) is 5.91 Å². The van der Waals surface area contributed by atoms with E-state index in [1.54, 1.807) is 25.2 Å². The number of nitrogens with one attached hydrogen (secondary N) is 1. The van der Waals surface area contributed by atoms with Crippen LogP contribution in [0.4, 0.5) is 10.5 Å². The summed E-state index contributed by atoms with van der Waals surface area (Å²) in [5.41, 5.74) is 0.0603. The number of carbonyl (C=O) groups is 3. The first-order valence-electron chi connectivity index (χ1n) is 9.47. The van der Waals surface area contributed by atoms with Gasteiger partial charge in [0.25, 0.3) is 5.91 Å². The molecule has 2 fully saturated rings. The van der Waals surface area contributed by atoms with Crippen LogP contribution < -0.4 is 5.32 Å². The van der Waals surface area contributed by atoms with Crippen LogP contribution in [-0.2, 0) is 9.59 Å². The summed E-state index contributed by atoms with van der Waals surface area (Å²) in [6.07, 6.45) is 6.94. The van der Waals surface area contributed by atoms with Gasteiger partial charge >= 0.3 is 6.03 Å². The summed E-state index contributed by atoms with van der Waals surface area (Å²) in [6.45, 7) is -0.354. The van der Waals surface area contributed by atoms with E-state index in [1.807, 2.05) is 0 Å². The summed E-state index contributed by atoms with van der Waals surface area (Å²) >= 11 is 6.27. The highest BCUT2D eigenvalue weighted by atomic mass is 35.5. The number of carbonyl (C=O) groups excluding carboxylic acids is 3. The Bertz CT molecular complexity index is 955. The number of urea groups is 1. The van der Waals surface area contributed by atoms with Gasteiger partial charge in [0.15, 0.2) is 0 Å². The molecular formula is C19H21ClN6O3. The summed E-state index contributed by atoms with van der Waals surface area (Å²) in [4.78, 5) is 44.9. The number of aromatic nitrogens is 3. The van der Waals surface area contributed by atoms with Gasteiger partial charge < -0.3 is 10.2 Å². The molecule has 1 N–H and O–H groups in total. The van der Waals surface area contributed by atoms with Crippen LogP contribution in [-0.4, -0.2) is 61.5 Å². The molecule has 9 nitrogen and oxygen atoms in total. The summed E-state index contributed by atoms with van der Waals surface area (Å²) in [6, 6.07) is 4.59. The van der Waals surface area contributed by atoms with Gasteiger partial charge in [-0.1, -0.05) is 36.9 Å². The highest BCUT2D eigenvalue weighted by molar-refractivity contribution is 6.33. The Labute approximate surface area is 172 Å². The fourth-order valence-electron chi connectivity index (χ4n) is 4.18. The minimum absolute atomic E-state index is 0.289. The summed E-state index contributed by atoms with van der Waals surface area (Å²) in [7, 11) is 1.64. The van der Waals surface area contributed by atoms with Crippen LogP contribution in [0, 0.1) is 0 Å². The molecule has 10 heteroatoms. The number of imide groups is 1. The molecule has 4 amide bonds. The number of likely N-dealkylation sites (N-methyl/N-ethyl adjacent to an activating group) is 1. The summed E-state index contributed by atoms with van der Waals surface area (Å²) < 4.78 is 1.44. The maximum Gasteiger partial charge on any atom is 0.327 e. The lowest BCUT2D eigenvalue weighted by Crippen LogP contribution is -2.49. The Balaban J connectivity index is 1.53. The second-order valence-electron chi connectivity index (χ2n) is 7.35. The van der Waals surface area contributed by atoms with Gasteiger partial charge in [0, 0.05) is 7.05 Å². The number of benzene rings is 1. The molecule has 0 radical (unpaired) electrons. The lowest BCUT2D eigenvalue weighted by molar-refractivity contribution is -0.136. The predicted molar refractivity (Wildman–Crippen MR) is 106 cm³/mol. The Morgan fingerprint density at radius 3 is 2.69 bits per heavy atom. The quantitative estimate of drug-likeness (QED) is 0.771. The molecule has 2 aliphatic rings. The SMILES string of the molecule is CN1C(=O)N(CC(=O)Nc2cccc(Cl)c2-n2cncn2)C(=O)C12CCCCC2. The van der Waals surface area contributed by atoms with Crippen LogP contribution in [0.5, 0.6) is 0 Å². The van der Waals surface area contributed by atoms with Crippen LogP contribution >= 0.6 is 11.6 Å². The van der Waals surface area contributed by atoms with E-state index in [2.05, 4.69) is 15.4 Å². The molecule has 29 heavy (non-hydrogen) atoms. The fraction of sp³-hybridized carbons (Fsp3) is 0.421. The molecule has 2 aromatic rings. The number of hydrogen-bond acceptors (Lipinski definition) is 5. The van der Waals surface area contributed by atoms with Gasteiger partial charge in [-0.2, -0.15) is 5.10 Å². The summed E-state index contributed by atoms with van der Waals surface area (Å²) in [5, 5.41) is 7.17. The predicted octanol–water partition coefficient (Wildman–Crippen LogP) is 2.46. The van der Waals surface area contributed by atoms with E-state index in [0.717, 1.165) is 24.2 Å². The first-order chi connectivity index (χ1) is 13.9. The zero-order chi connectivity index (χ0) is 20.6. The van der Waals surface area contributed by atoms with Crippen LogP contribution in [0.25, 0.3) is 5.69 Å². The Morgan fingerprint density at radius 1 is 1.24 bits per heavy atom. The second kappa shape index (κ2) is 7.47. The van der Waals surface area contributed by atoms with E-state index in [0.29, 0.717) is 29.2 Å². The Morgan fingerprint density at radius 2 is 2.00 bits per heavy atom. The average molecular weight is 417 g/mol. The van der Waals surface area contributed by atoms with E-state index in [-0.39, 0.29) is 12.5 Å². The average Bonchev–Trinajstić information content (AvgIpc) is 3.29. The maximum atomic E-state index is 13.0. The van der Waals surface area contributed by atoms with Gasteiger partial charge in [-0.25, -0.2) is 14.5 Å². The third-order valence-corrected chi connectivity index (χ3v) is 6.00. The van der Waals surface area contributed by atoms with Gasteiger partial charge in [-0.3, -0.25) is 14.5 Å². The number of para-hydroxylation sites is 1. The van der Waals surface area contributed by atoms with E-state index in [4.69, 9.17) is 11.6 Å². The van der Waals surface area contributed by atoms with Crippen molar-refractivity contribution in [1.82, 2.24) is 24.6 Å². The maximum absolute atomic E-state index is 13.0. The van der Waals surface area contributed by atoms with Crippen LogP contribution in [0.2, 0.25) is 5.02 Å². The number of halogens is 1. The van der Waals surface area contributed by atoms with Crippen molar-refractivity contribution in [2.45, 2.75) is 37.6 Å². The smallest absolute Gasteiger partial charge is 0.323 e. The summed E-state index contributed by atoms with van der Waals surface area (Å²) in [5.74, 6) is -0.779. The highest BCUT2D eigenvalue weighted by Crippen LogP contribution is 2.39. The standard InChI is InChI=1S/C19H21ClN6O3/c1-24-18(29)25(17(28)19(24)8-3-2-4-9-19)10-15(27)23-14-7-5-6-13(20)16(14)26-12-21-11-22-26/h5-7,11-12H,2-4,8-10H2,1H3,(H,23,27). The third-order valence-electron chi connectivity index (χ3n) is 5.69. The van der Waals surface area contributed by atoms with Crippen molar-refractivity contribution in [3.8, 4) is 5.69 Å². The zero-order valence-electron chi connectivity index (χ0n) is 16.0. The molecule has 2 heterocycles. The van der Waals surface area contributed by atoms with Crippen molar-refractivity contribution in [3.05, 3.63) is 35.9 Å². The van der Waals surface area contributed by atoms with E-state index in [1.165, 1.54) is 22.2 Å². The fourth-order valence-corrected chi connectivity index (χ4v) is 4.44. The largest absolute Gasteiger partial charge is 0.327 e. The number of rotatable bonds is 4. The van der Waals surface area contributed by atoms with E-state index in [9.17, 15) is 14.4 Å². The van der Waals surface area contributed by atoms with Gasteiger partial charge in [-0.05, 0) is 25.0 Å². The van der Waals surface area contributed by atoms with Crippen molar-refractivity contribution < 1.29 is 14.4 Å². The minimum Gasteiger partial charge on any atom is -0.323 e. The van der Waals surface area contributed by atoms with Crippen molar-refractivity contribution in [2.24, 2.45) is 0 Å². The van der Waals surface area contributed by atoms with Crippen LogP contribution in [0.3, 0.4) is 0 Å². The molecule has 0 unspecified atom stereocenters. The topological polar surface area (TPSA) is 100 Å². The van der Waals surface area contributed by atoms with Crippen molar-refractivity contribution in [2.75, 3.05) is 18.9 Å². The third kappa shape index (κ3) is 3.25. The number of hydrogen-bond donors (Lipinski definition) is 1. The Hall–Kier alpha value is -2.94. The normalized spacial score (nSPS) is 18.6. The van der Waals surface area contributed by atoms with Crippen molar-refractivity contribution in [1.29, 1.82) is 0 Å². The van der Waals surface area contributed by atoms with Gasteiger partial charge in [-0.15, -0.1) is 0 Å². The Kier molecular flexibility index (Phi) is 4.99.